The van der Waals surface area contributed by atoms with E-state index in [0.29, 0.717) is 5.41 Å². The summed E-state index contributed by atoms with van der Waals surface area (Å²) in [6, 6.07) is 0. The Morgan fingerprint density at radius 1 is 1.00 bits per heavy atom. The van der Waals surface area contributed by atoms with Crippen LogP contribution in [0.1, 0.15) is 113 Å². The van der Waals surface area contributed by atoms with Gasteiger partial charge in [0, 0.05) is 12.3 Å². The molecule has 0 spiro atoms. The van der Waals surface area contributed by atoms with Crippen LogP contribution in [0.25, 0.3) is 0 Å². The lowest BCUT2D eigenvalue weighted by molar-refractivity contribution is -0.153. The quantitative estimate of drug-likeness (QED) is 0.217. The minimum absolute atomic E-state index is 0.0202. The molecule has 3 nitrogen and oxygen atoms in total. The summed E-state index contributed by atoms with van der Waals surface area (Å²) in [5.74, 6) is 4.54. The highest BCUT2D eigenvalue weighted by Crippen LogP contribution is 2.67. The van der Waals surface area contributed by atoms with Crippen LogP contribution < -0.4 is 0 Å². The Hall–Kier alpha value is -1.12. The average molecular weight is 471 g/mol. The maximum absolute atomic E-state index is 12.3. The average Bonchev–Trinajstić information content (AvgIpc) is 3.10. The fraction of sp³-hybridized carbons (Fsp3) is 0.871. The lowest BCUT2D eigenvalue weighted by atomic mass is 9.47. The summed E-state index contributed by atoms with van der Waals surface area (Å²) < 4.78 is 5.80. The van der Waals surface area contributed by atoms with Crippen molar-refractivity contribution in [2.45, 2.75) is 119 Å². The Labute approximate surface area is 208 Å². The number of Topliss-reactive ketones (excluding diaryl/α,β-unsaturated/α-hetero) is 1. The summed E-state index contributed by atoms with van der Waals surface area (Å²) in [6.07, 6.45) is 13.5. The van der Waals surface area contributed by atoms with Crippen LogP contribution in [0, 0.1) is 52.3 Å². The predicted molar refractivity (Wildman–Crippen MR) is 138 cm³/mol. The zero-order chi connectivity index (χ0) is 24.8. The number of hydrogen-bond donors (Lipinski definition) is 0. The van der Waals surface area contributed by atoms with E-state index in [-0.39, 0.29) is 35.6 Å². The van der Waals surface area contributed by atoms with E-state index in [2.05, 4.69) is 40.7 Å². The maximum Gasteiger partial charge on any atom is 0.313 e. The van der Waals surface area contributed by atoms with Gasteiger partial charge in [-0.2, -0.15) is 0 Å². The zero-order valence-corrected chi connectivity index (χ0v) is 23.0. The fourth-order valence-corrected chi connectivity index (χ4v) is 9.19. The first-order chi connectivity index (χ1) is 16.0. The molecule has 3 saturated carbocycles. The molecule has 8 unspecified atom stereocenters. The molecule has 34 heavy (non-hydrogen) atoms. The van der Waals surface area contributed by atoms with E-state index < -0.39 is 0 Å². The molecule has 0 saturated heterocycles. The fourth-order valence-electron chi connectivity index (χ4n) is 9.19. The van der Waals surface area contributed by atoms with Crippen LogP contribution >= 0.6 is 0 Å². The molecule has 0 aliphatic heterocycles. The molecule has 0 radical (unpaired) electrons. The van der Waals surface area contributed by atoms with Crippen LogP contribution in [0.5, 0.6) is 0 Å². The number of ketones is 1. The topological polar surface area (TPSA) is 43.4 Å². The number of fused-ring (bicyclic) bond motifs is 5. The summed E-state index contributed by atoms with van der Waals surface area (Å²) in [4.78, 5) is 24.3. The molecular formula is C31H50O3. The van der Waals surface area contributed by atoms with E-state index in [9.17, 15) is 9.59 Å². The first-order valence-corrected chi connectivity index (χ1v) is 14.4. The molecule has 0 bridgehead atoms. The second-order valence-electron chi connectivity index (χ2n) is 13.7. The Morgan fingerprint density at radius 2 is 1.74 bits per heavy atom. The lowest BCUT2D eigenvalue weighted by Gasteiger charge is -2.58. The Morgan fingerprint density at radius 3 is 2.41 bits per heavy atom. The summed E-state index contributed by atoms with van der Waals surface area (Å²) in [7, 11) is 0. The number of carbonyl (C=O) groups is 2. The van der Waals surface area contributed by atoms with Crippen molar-refractivity contribution >= 4 is 11.8 Å². The summed E-state index contributed by atoms with van der Waals surface area (Å²) in [6.45, 7) is 16.2. The number of hydrogen-bond acceptors (Lipinski definition) is 3. The molecule has 4 rings (SSSR count). The molecule has 4 aliphatic carbocycles. The van der Waals surface area contributed by atoms with Gasteiger partial charge in [-0.3, -0.25) is 9.59 Å². The maximum atomic E-state index is 12.3. The van der Waals surface area contributed by atoms with Crippen molar-refractivity contribution in [2.75, 3.05) is 0 Å². The van der Waals surface area contributed by atoms with Gasteiger partial charge in [0.05, 0.1) is 0 Å². The molecule has 0 N–H and O–H groups in total. The third-order valence-corrected chi connectivity index (χ3v) is 10.9. The molecule has 3 fully saturated rings. The van der Waals surface area contributed by atoms with Crippen LogP contribution in [0.4, 0.5) is 0 Å². The first-order valence-electron chi connectivity index (χ1n) is 14.4. The van der Waals surface area contributed by atoms with Gasteiger partial charge in [0.2, 0.25) is 0 Å². The van der Waals surface area contributed by atoms with Crippen LogP contribution in [-0.4, -0.2) is 17.9 Å². The number of allylic oxidation sites excluding steroid dienone is 1. The van der Waals surface area contributed by atoms with E-state index in [1.54, 1.807) is 5.57 Å². The monoisotopic (exact) mass is 470 g/mol. The molecule has 0 amide bonds. The Kier molecular flexibility index (Phi) is 7.43. The minimum Gasteiger partial charge on any atom is -0.462 e. The van der Waals surface area contributed by atoms with Crippen molar-refractivity contribution in [2.24, 2.45) is 52.3 Å². The second kappa shape index (κ2) is 9.74. The van der Waals surface area contributed by atoms with Gasteiger partial charge >= 0.3 is 5.97 Å². The number of ether oxygens (including phenoxy) is 1. The molecule has 8 atom stereocenters. The summed E-state index contributed by atoms with van der Waals surface area (Å²) in [5, 5.41) is 0. The van der Waals surface area contributed by atoms with Crippen LogP contribution in [-0.2, 0) is 14.3 Å². The van der Waals surface area contributed by atoms with Gasteiger partial charge < -0.3 is 4.74 Å². The minimum atomic E-state index is -0.331. The largest absolute Gasteiger partial charge is 0.462 e. The van der Waals surface area contributed by atoms with E-state index in [1.165, 1.54) is 38.5 Å². The van der Waals surface area contributed by atoms with Gasteiger partial charge in [-0.25, -0.2) is 0 Å². The molecule has 3 heteroatoms. The highest BCUT2D eigenvalue weighted by atomic mass is 16.5. The molecule has 0 aromatic carbocycles. The standard InChI is InChI=1S/C31H50O3/c1-19(2)16-21(5)25-10-11-26-24-9-8-22-17-23(34-29(33)18-28(32)20(3)4)12-14-30(22,6)27(24)13-15-31(25,26)7/h8,19-21,23-27H,9-18H2,1-7H3. The first kappa shape index (κ1) is 26.0. The molecule has 192 valence electrons. The van der Waals surface area contributed by atoms with Crippen molar-refractivity contribution in [1.29, 1.82) is 0 Å². The van der Waals surface area contributed by atoms with Crippen molar-refractivity contribution in [3.63, 3.8) is 0 Å². The predicted octanol–water partition coefficient (Wildman–Crippen LogP) is 7.77. The summed E-state index contributed by atoms with van der Waals surface area (Å²) >= 11 is 0. The number of esters is 1. The van der Waals surface area contributed by atoms with Gasteiger partial charge in [0.15, 0.2) is 0 Å². The third-order valence-electron chi connectivity index (χ3n) is 10.9. The number of rotatable bonds is 7. The van der Waals surface area contributed by atoms with Crippen molar-refractivity contribution in [1.82, 2.24) is 0 Å². The Bertz CT molecular complexity index is 809. The molecule has 0 aromatic heterocycles. The van der Waals surface area contributed by atoms with Crippen LogP contribution in [0.15, 0.2) is 11.6 Å². The van der Waals surface area contributed by atoms with Gasteiger partial charge in [-0.05, 0) is 97.7 Å². The van der Waals surface area contributed by atoms with Crippen molar-refractivity contribution in [3.8, 4) is 0 Å². The Balaban J connectivity index is 1.44. The third kappa shape index (κ3) is 4.66. The van der Waals surface area contributed by atoms with Crippen molar-refractivity contribution in [3.05, 3.63) is 11.6 Å². The highest BCUT2D eigenvalue weighted by molar-refractivity contribution is 5.96. The SMILES string of the molecule is CC(C)CC(C)C1CCC2C3CC=C4CC(OC(=O)CC(=O)C(C)C)CCC4(C)C3CCC12C. The zero-order valence-electron chi connectivity index (χ0n) is 23.0. The van der Waals surface area contributed by atoms with Gasteiger partial charge in [0.25, 0.3) is 0 Å². The lowest BCUT2D eigenvalue weighted by Crippen LogP contribution is -2.51. The van der Waals surface area contributed by atoms with Crippen molar-refractivity contribution < 1.29 is 14.3 Å². The molecule has 4 aliphatic rings. The van der Waals surface area contributed by atoms with E-state index in [4.69, 9.17) is 4.74 Å². The second-order valence-corrected chi connectivity index (χ2v) is 13.7. The van der Waals surface area contributed by atoms with Gasteiger partial charge in [-0.15, -0.1) is 0 Å². The molecule has 0 aromatic rings. The van der Waals surface area contributed by atoms with E-state index in [1.807, 2.05) is 13.8 Å². The van der Waals surface area contributed by atoms with Crippen LogP contribution in [0.3, 0.4) is 0 Å². The van der Waals surface area contributed by atoms with E-state index in [0.717, 1.165) is 54.8 Å². The smallest absolute Gasteiger partial charge is 0.313 e. The van der Waals surface area contributed by atoms with Crippen LogP contribution in [0.2, 0.25) is 0 Å². The van der Waals surface area contributed by atoms with E-state index >= 15 is 0 Å². The van der Waals surface area contributed by atoms with Gasteiger partial charge in [0.1, 0.15) is 18.3 Å². The number of carbonyl (C=O) groups excluding carboxylic acids is 2. The molecular weight excluding hydrogens is 420 g/mol. The summed E-state index contributed by atoms with van der Waals surface area (Å²) in [5.41, 5.74) is 2.33. The van der Waals surface area contributed by atoms with Gasteiger partial charge in [-0.1, -0.05) is 60.1 Å². The highest BCUT2D eigenvalue weighted by Gasteiger charge is 2.59. The molecule has 0 heterocycles. The normalized spacial score (nSPS) is 40.3.